The van der Waals surface area contributed by atoms with Crippen LogP contribution < -0.4 is 10.6 Å². The highest BCUT2D eigenvalue weighted by atomic mass is 16.5. The second-order valence-corrected chi connectivity index (χ2v) is 4.96. The van der Waals surface area contributed by atoms with Gasteiger partial charge in [0.1, 0.15) is 5.82 Å². The van der Waals surface area contributed by atoms with Crippen LogP contribution in [0.5, 0.6) is 0 Å². The normalized spacial score (nSPS) is 16.4. The van der Waals surface area contributed by atoms with Crippen molar-refractivity contribution >= 4 is 17.5 Å². The van der Waals surface area contributed by atoms with Gasteiger partial charge in [-0.25, -0.2) is 9.78 Å². The van der Waals surface area contributed by atoms with E-state index >= 15 is 0 Å². The summed E-state index contributed by atoms with van der Waals surface area (Å²) in [6.07, 6.45) is 5.20. The molecule has 0 aromatic carbocycles. The Kier molecular flexibility index (Phi) is 4.24. The Morgan fingerprint density at radius 3 is 2.79 bits per heavy atom. The largest absolute Gasteiger partial charge is 0.465 e. The lowest BCUT2D eigenvalue weighted by Crippen LogP contribution is -2.34. The molecule has 2 N–H and O–H groups in total. The number of carbonyl (C=O) groups is 1. The van der Waals surface area contributed by atoms with Crippen LogP contribution in [0.1, 0.15) is 36.5 Å². The van der Waals surface area contributed by atoms with Crippen molar-refractivity contribution in [3.8, 4) is 0 Å². The zero-order valence-corrected chi connectivity index (χ0v) is 11.6. The van der Waals surface area contributed by atoms with E-state index in [4.69, 9.17) is 10.5 Å². The first-order valence-electron chi connectivity index (χ1n) is 6.74. The van der Waals surface area contributed by atoms with Crippen LogP contribution in [0.15, 0.2) is 12.3 Å². The molecule has 1 aliphatic rings. The Labute approximate surface area is 113 Å². The van der Waals surface area contributed by atoms with Crippen LogP contribution >= 0.6 is 0 Å². The molecule has 0 spiro atoms. The van der Waals surface area contributed by atoms with Gasteiger partial charge in [0.05, 0.1) is 24.6 Å². The summed E-state index contributed by atoms with van der Waals surface area (Å²) >= 11 is 0. The number of hydrogen-bond acceptors (Lipinski definition) is 5. The van der Waals surface area contributed by atoms with Gasteiger partial charge in [-0.05, 0) is 24.8 Å². The van der Waals surface area contributed by atoms with Gasteiger partial charge < -0.3 is 15.4 Å². The van der Waals surface area contributed by atoms with Crippen LogP contribution in [0.3, 0.4) is 0 Å². The SMILES string of the molecule is CCC1CCN(c2cnc(N)cc2C(=O)OC)CC1. The van der Waals surface area contributed by atoms with Gasteiger partial charge in [0, 0.05) is 13.1 Å². The first-order chi connectivity index (χ1) is 9.15. The van der Waals surface area contributed by atoms with Gasteiger partial charge in [0.25, 0.3) is 0 Å². The van der Waals surface area contributed by atoms with Crippen molar-refractivity contribution in [2.75, 3.05) is 30.8 Å². The minimum Gasteiger partial charge on any atom is -0.465 e. The molecule has 1 aromatic rings. The number of carbonyl (C=O) groups excluding carboxylic acids is 1. The lowest BCUT2D eigenvalue weighted by Gasteiger charge is -2.33. The molecule has 0 radical (unpaired) electrons. The Bertz CT molecular complexity index is 454. The number of rotatable bonds is 3. The molecule has 104 valence electrons. The summed E-state index contributed by atoms with van der Waals surface area (Å²) in [5.74, 6) is 0.772. The molecule has 1 fully saturated rings. The van der Waals surface area contributed by atoms with Gasteiger partial charge >= 0.3 is 5.97 Å². The topological polar surface area (TPSA) is 68.5 Å². The van der Waals surface area contributed by atoms with E-state index in [1.54, 1.807) is 12.3 Å². The molecule has 1 saturated heterocycles. The number of piperidine rings is 1. The van der Waals surface area contributed by atoms with Crippen LogP contribution in [0, 0.1) is 5.92 Å². The van der Waals surface area contributed by atoms with Crippen molar-refractivity contribution in [2.45, 2.75) is 26.2 Å². The van der Waals surface area contributed by atoms with Crippen LogP contribution in [0.2, 0.25) is 0 Å². The smallest absolute Gasteiger partial charge is 0.340 e. The summed E-state index contributed by atoms with van der Waals surface area (Å²) in [5, 5.41) is 0. The Hall–Kier alpha value is -1.78. The fraction of sp³-hybridized carbons (Fsp3) is 0.571. The Morgan fingerprint density at radius 1 is 1.53 bits per heavy atom. The number of pyridine rings is 1. The van der Waals surface area contributed by atoms with Crippen molar-refractivity contribution in [1.82, 2.24) is 4.98 Å². The lowest BCUT2D eigenvalue weighted by molar-refractivity contribution is 0.0601. The monoisotopic (exact) mass is 263 g/mol. The molecule has 2 rings (SSSR count). The zero-order chi connectivity index (χ0) is 13.8. The average Bonchev–Trinajstić information content (AvgIpc) is 2.46. The van der Waals surface area contributed by atoms with E-state index < -0.39 is 0 Å². The molecule has 5 heteroatoms. The molecule has 0 amide bonds. The highest BCUT2D eigenvalue weighted by Crippen LogP contribution is 2.28. The molecule has 1 aliphatic heterocycles. The van der Waals surface area contributed by atoms with Gasteiger partial charge in [0.15, 0.2) is 0 Å². The van der Waals surface area contributed by atoms with Gasteiger partial charge in [0.2, 0.25) is 0 Å². The molecular weight excluding hydrogens is 242 g/mol. The fourth-order valence-electron chi connectivity index (χ4n) is 2.57. The van der Waals surface area contributed by atoms with Gasteiger partial charge in [-0.3, -0.25) is 0 Å². The van der Waals surface area contributed by atoms with Crippen molar-refractivity contribution < 1.29 is 9.53 Å². The predicted octanol–water partition coefficient (Wildman–Crippen LogP) is 2.08. The highest BCUT2D eigenvalue weighted by Gasteiger charge is 2.23. The molecule has 5 nitrogen and oxygen atoms in total. The molecular formula is C14H21N3O2. The number of nitrogens with two attached hydrogens (primary N) is 1. The van der Waals surface area contributed by atoms with E-state index in [-0.39, 0.29) is 5.97 Å². The van der Waals surface area contributed by atoms with Gasteiger partial charge in [-0.2, -0.15) is 0 Å². The first kappa shape index (κ1) is 13.6. The number of ether oxygens (including phenoxy) is 1. The van der Waals surface area contributed by atoms with Crippen molar-refractivity contribution in [3.05, 3.63) is 17.8 Å². The summed E-state index contributed by atoms with van der Waals surface area (Å²) in [5.41, 5.74) is 6.99. The maximum absolute atomic E-state index is 11.8. The van der Waals surface area contributed by atoms with Gasteiger partial charge in [-0.1, -0.05) is 13.3 Å². The van der Waals surface area contributed by atoms with Crippen LogP contribution in [-0.4, -0.2) is 31.2 Å². The number of anilines is 2. The standard InChI is InChI=1S/C14H21N3O2/c1-3-10-4-6-17(7-5-10)12-9-16-13(15)8-11(12)14(18)19-2/h8-10H,3-7H2,1-2H3,(H2,15,16). The van der Waals surface area contributed by atoms with E-state index in [0.717, 1.165) is 37.5 Å². The highest BCUT2D eigenvalue weighted by molar-refractivity contribution is 5.96. The third kappa shape index (κ3) is 2.97. The van der Waals surface area contributed by atoms with Crippen molar-refractivity contribution in [2.24, 2.45) is 5.92 Å². The Balaban J connectivity index is 2.22. The number of nitrogens with zero attached hydrogens (tertiary/aromatic N) is 2. The second kappa shape index (κ2) is 5.91. The number of aromatic nitrogens is 1. The van der Waals surface area contributed by atoms with Gasteiger partial charge in [-0.15, -0.1) is 0 Å². The summed E-state index contributed by atoms with van der Waals surface area (Å²) in [7, 11) is 1.38. The first-order valence-corrected chi connectivity index (χ1v) is 6.74. The lowest BCUT2D eigenvalue weighted by atomic mass is 9.94. The van der Waals surface area contributed by atoms with E-state index in [9.17, 15) is 4.79 Å². The number of nitrogen functional groups attached to an aromatic ring is 1. The quantitative estimate of drug-likeness (QED) is 0.846. The maximum Gasteiger partial charge on any atom is 0.340 e. The summed E-state index contributed by atoms with van der Waals surface area (Å²) in [6.45, 7) is 4.13. The minimum atomic E-state index is -0.360. The number of esters is 1. The van der Waals surface area contributed by atoms with E-state index in [1.807, 2.05) is 0 Å². The molecule has 0 saturated carbocycles. The third-order valence-corrected chi connectivity index (χ3v) is 3.84. The molecule has 0 atom stereocenters. The second-order valence-electron chi connectivity index (χ2n) is 4.96. The summed E-state index contributed by atoms with van der Waals surface area (Å²) in [6, 6.07) is 1.59. The van der Waals surface area contributed by atoms with Crippen molar-refractivity contribution in [1.29, 1.82) is 0 Å². The van der Waals surface area contributed by atoms with E-state index in [2.05, 4.69) is 16.8 Å². The molecule has 0 aliphatic carbocycles. The molecule has 1 aromatic heterocycles. The van der Waals surface area contributed by atoms with Crippen LogP contribution in [-0.2, 0) is 4.74 Å². The Morgan fingerprint density at radius 2 is 2.21 bits per heavy atom. The molecule has 0 bridgehead atoms. The van der Waals surface area contributed by atoms with E-state index in [1.165, 1.54) is 13.5 Å². The minimum absolute atomic E-state index is 0.340. The summed E-state index contributed by atoms with van der Waals surface area (Å²) in [4.78, 5) is 18.1. The molecule has 0 unspecified atom stereocenters. The molecule has 19 heavy (non-hydrogen) atoms. The van der Waals surface area contributed by atoms with Crippen LogP contribution in [0.25, 0.3) is 0 Å². The fourth-order valence-corrected chi connectivity index (χ4v) is 2.57. The third-order valence-electron chi connectivity index (χ3n) is 3.84. The van der Waals surface area contributed by atoms with Crippen LogP contribution in [0.4, 0.5) is 11.5 Å². The number of hydrogen-bond donors (Lipinski definition) is 1. The predicted molar refractivity (Wildman–Crippen MR) is 75.2 cm³/mol. The average molecular weight is 263 g/mol. The molecule has 2 heterocycles. The summed E-state index contributed by atoms with van der Waals surface area (Å²) < 4.78 is 4.82. The number of methoxy groups -OCH3 is 1. The van der Waals surface area contributed by atoms with Crippen molar-refractivity contribution in [3.63, 3.8) is 0 Å². The zero-order valence-electron chi connectivity index (χ0n) is 11.6. The maximum atomic E-state index is 11.8. The van der Waals surface area contributed by atoms with E-state index in [0.29, 0.717) is 11.4 Å².